The van der Waals surface area contributed by atoms with E-state index in [2.05, 4.69) is 56.7 Å². The quantitative estimate of drug-likeness (QED) is 0.170. The van der Waals surface area contributed by atoms with Gasteiger partial charge in [0.1, 0.15) is 4.34 Å². The molecule has 1 saturated heterocycles. The lowest BCUT2D eigenvalue weighted by Gasteiger charge is -2.33. The second-order valence-corrected chi connectivity index (χ2v) is 9.36. The number of hydrogen-bond donors (Lipinski definition) is 2. The van der Waals surface area contributed by atoms with Gasteiger partial charge in [0.05, 0.1) is 0 Å². The van der Waals surface area contributed by atoms with Gasteiger partial charge in [0.15, 0.2) is 5.96 Å². The molecule has 0 atom stereocenters. The first-order valence-corrected chi connectivity index (χ1v) is 11.9. The van der Waals surface area contributed by atoms with Crippen LogP contribution in [0.3, 0.4) is 0 Å². The van der Waals surface area contributed by atoms with Crippen molar-refractivity contribution in [3.8, 4) is 0 Å². The molecule has 0 unspecified atom stereocenters. The van der Waals surface area contributed by atoms with E-state index in [0.29, 0.717) is 6.04 Å². The summed E-state index contributed by atoms with van der Waals surface area (Å²) in [6.07, 6.45) is 5.28. The maximum absolute atomic E-state index is 4.39. The fraction of sp³-hybridized carbons (Fsp3) is 0.524. The normalized spacial score (nSPS) is 15.7. The lowest BCUT2D eigenvalue weighted by atomic mass is 10.0. The number of benzene rings is 1. The number of aryl methyl sites for hydroxylation is 1. The van der Waals surface area contributed by atoms with Gasteiger partial charge >= 0.3 is 0 Å². The van der Waals surface area contributed by atoms with Crippen LogP contribution in [0, 0.1) is 6.92 Å². The Balaban J connectivity index is 0.00000300. The van der Waals surface area contributed by atoms with Crippen molar-refractivity contribution in [2.75, 3.05) is 32.4 Å². The van der Waals surface area contributed by atoms with Crippen molar-refractivity contribution < 1.29 is 0 Å². The number of aromatic nitrogens is 1. The Morgan fingerprint density at radius 3 is 2.79 bits per heavy atom. The zero-order chi connectivity index (χ0) is 19.6. The van der Waals surface area contributed by atoms with E-state index in [1.807, 2.05) is 30.4 Å². The van der Waals surface area contributed by atoms with E-state index in [9.17, 15) is 0 Å². The molecule has 0 radical (unpaired) electrons. The Labute approximate surface area is 200 Å². The lowest BCUT2D eigenvalue weighted by Crippen LogP contribution is -2.48. The Morgan fingerprint density at radius 2 is 2.10 bits per heavy atom. The summed E-state index contributed by atoms with van der Waals surface area (Å²) in [6.45, 7) is 6.46. The van der Waals surface area contributed by atoms with Gasteiger partial charge in [-0.2, -0.15) is 0 Å². The topological polar surface area (TPSA) is 52.6 Å². The minimum absolute atomic E-state index is 0. The van der Waals surface area contributed by atoms with Crippen LogP contribution in [0.4, 0.5) is 0 Å². The average molecular weight is 546 g/mol. The molecule has 0 amide bonds. The van der Waals surface area contributed by atoms with Crippen LogP contribution in [0.25, 0.3) is 0 Å². The number of halogens is 1. The van der Waals surface area contributed by atoms with Crippen LogP contribution in [0.1, 0.15) is 30.4 Å². The third kappa shape index (κ3) is 8.43. The third-order valence-electron chi connectivity index (χ3n) is 5.06. The van der Waals surface area contributed by atoms with Crippen molar-refractivity contribution in [1.29, 1.82) is 0 Å². The number of nitrogens with one attached hydrogen (secondary N) is 2. The number of guanidine groups is 1. The number of nitrogens with zero attached hydrogens (tertiary/aromatic N) is 3. The Morgan fingerprint density at radius 1 is 1.31 bits per heavy atom. The Hall–Kier alpha value is -0.840. The highest BCUT2D eigenvalue weighted by atomic mass is 127. The van der Waals surface area contributed by atoms with E-state index in [-0.39, 0.29) is 24.0 Å². The summed E-state index contributed by atoms with van der Waals surface area (Å²) in [6, 6.07) is 9.21. The van der Waals surface area contributed by atoms with E-state index in [1.165, 1.54) is 11.1 Å². The highest BCUT2D eigenvalue weighted by Gasteiger charge is 2.20. The minimum Gasteiger partial charge on any atom is -0.356 e. The second kappa shape index (κ2) is 13.5. The SMILES string of the molecule is CN=C(NCCCSc1nccs1)NC1CCN(Cc2ccccc2C)CC1.I. The molecular formula is C21H32IN5S2. The summed E-state index contributed by atoms with van der Waals surface area (Å²) >= 11 is 3.53. The van der Waals surface area contributed by atoms with Crippen LogP contribution in [-0.2, 0) is 6.54 Å². The molecule has 160 valence electrons. The summed E-state index contributed by atoms with van der Waals surface area (Å²) in [7, 11) is 1.85. The van der Waals surface area contributed by atoms with Gasteiger partial charge in [-0.25, -0.2) is 4.98 Å². The van der Waals surface area contributed by atoms with E-state index >= 15 is 0 Å². The molecule has 1 aliphatic heterocycles. The molecular weight excluding hydrogens is 513 g/mol. The molecule has 29 heavy (non-hydrogen) atoms. The van der Waals surface area contributed by atoms with Crippen LogP contribution >= 0.6 is 47.1 Å². The first-order chi connectivity index (χ1) is 13.7. The zero-order valence-electron chi connectivity index (χ0n) is 17.3. The van der Waals surface area contributed by atoms with Gasteiger partial charge in [0.2, 0.25) is 0 Å². The van der Waals surface area contributed by atoms with Gasteiger partial charge in [-0.3, -0.25) is 9.89 Å². The molecule has 5 nitrogen and oxygen atoms in total. The molecule has 1 fully saturated rings. The van der Waals surface area contributed by atoms with Gasteiger partial charge in [0.25, 0.3) is 0 Å². The molecule has 1 aliphatic rings. The number of likely N-dealkylation sites (tertiary alicyclic amines) is 1. The van der Waals surface area contributed by atoms with Crippen molar-refractivity contribution in [2.45, 2.75) is 43.1 Å². The van der Waals surface area contributed by atoms with E-state index < -0.39 is 0 Å². The molecule has 2 heterocycles. The van der Waals surface area contributed by atoms with Gasteiger partial charge in [-0.15, -0.1) is 35.3 Å². The van der Waals surface area contributed by atoms with Crippen LogP contribution in [-0.4, -0.2) is 54.3 Å². The number of thioether (sulfide) groups is 1. The smallest absolute Gasteiger partial charge is 0.191 e. The van der Waals surface area contributed by atoms with Gasteiger partial charge in [-0.1, -0.05) is 36.0 Å². The third-order valence-corrected chi connectivity index (χ3v) is 7.11. The first kappa shape index (κ1) is 24.4. The van der Waals surface area contributed by atoms with Crippen LogP contribution in [0.2, 0.25) is 0 Å². The highest BCUT2D eigenvalue weighted by Crippen LogP contribution is 2.20. The number of aliphatic imine (C=N–C) groups is 1. The van der Waals surface area contributed by atoms with Crippen LogP contribution in [0.5, 0.6) is 0 Å². The second-order valence-electron chi connectivity index (χ2n) is 7.12. The van der Waals surface area contributed by atoms with Crippen LogP contribution < -0.4 is 10.6 Å². The van der Waals surface area contributed by atoms with Gasteiger partial charge < -0.3 is 10.6 Å². The van der Waals surface area contributed by atoms with E-state index in [4.69, 9.17) is 0 Å². The number of piperidine rings is 1. The van der Waals surface area contributed by atoms with Gasteiger partial charge in [0, 0.05) is 56.6 Å². The Kier molecular flexibility index (Phi) is 11.3. The summed E-state index contributed by atoms with van der Waals surface area (Å²) < 4.78 is 1.15. The highest BCUT2D eigenvalue weighted by molar-refractivity contribution is 14.0. The van der Waals surface area contributed by atoms with Crippen molar-refractivity contribution in [2.24, 2.45) is 4.99 Å². The number of thiazole rings is 1. The predicted molar refractivity (Wildman–Crippen MR) is 137 cm³/mol. The summed E-state index contributed by atoms with van der Waals surface area (Å²) in [5.41, 5.74) is 2.84. The molecule has 1 aromatic heterocycles. The van der Waals surface area contributed by atoms with Crippen LogP contribution in [0.15, 0.2) is 45.2 Å². The standard InChI is InChI=1S/C21H31N5S2.HI/c1-17-6-3-4-7-18(17)16-26-12-8-19(9-13-26)25-20(22-2)23-10-5-14-27-21-24-11-15-28-21;/h3-4,6-7,11,15,19H,5,8-10,12-14,16H2,1-2H3,(H2,22,23,25);1H. The Bertz CT molecular complexity index is 730. The summed E-state index contributed by atoms with van der Waals surface area (Å²) in [5, 5.41) is 9.08. The summed E-state index contributed by atoms with van der Waals surface area (Å²) in [4.78, 5) is 11.3. The summed E-state index contributed by atoms with van der Waals surface area (Å²) in [5.74, 6) is 2.01. The molecule has 2 aromatic rings. The van der Waals surface area contributed by atoms with E-state index in [0.717, 1.165) is 61.5 Å². The molecule has 3 rings (SSSR count). The molecule has 0 bridgehead atoms. The molecule has 0 saturated carbocycles. The largest absolute Gasteiger partial charge is 0.356 e. The van der Waals surface area contributed by atoms with Crippen molar-refractivity contribution >= 4 is 53.0 Å². The molecule has 0 spiro atoms. The molecule has 1 aromatic carbocycles. The van der Waals surface area contributed by atoms with Crippen molar-refractivity contribution in [1.82, 2.24) is 20.5 Å². The molecule has 8 heteroatoms. The monoisotopic (exact) mass is 545 g/mol. The van der Waals surface area contributed by atoms with E-state index in [1.54, 1.807) is 11.3 Å². The maximum atomic E-state index is 4.39. The van der Waals surface area contributed by atoms with Crippen molar-refractivity contribution in [3.05, 3.63) is 47.0 Å². The van der Waals surface area contributed by atoms with Crippen molar-refractivity contribution in [3.63, 3.8) is 0 Å². The molecule has 0 aliphatic carbocycles. The number of hydrogen-bond acceptors (Lipinski definition) is 5. The zero-order valence-corrected chi connectivity index (χ0v) is 21.2. The fourth-order valence-corrected chi connectivity index (χ4v) is 5.02. The molecule has 2 N–H and O–H groups in total. The maximum Gasteiger partial charge on any atom is 0.191 e. The minimum atomic E-state index is 0. The van der Waals surface area contributed by atoms with Gasteiger partial charge in [-0.05, 0) is 37.3 Å². The predicted octanol–water partition coefficient (Wildman–Crippen LogP) is 4.38. The lowest BCUT2D eigenvalue weighted by molar-refractivity contribution is 0.198. The number of rotatable bonds is 8. The fourth-order valence-electron chi connectivity index (χ4n) is 3.37. The first-order valence-electron chi connectivity index (χ1n) is 10.0. The average Bonchev–Trinajstić information content (AvgIpc) is 3.23.